The van der Waals surface area contributed by atoms with Gasteiger partial charge in [0, 0.05) is 104 Å². The Labute approximate surface area is 666 Å². The average molecular weight is 1670 g/mol. The molecule has 0 saturated carbocycles. The maximum atomic E-state index is 8.56. The van der Waals surface area contributed by atoms with Gasteiger partial charge in [-0.05, 0) is 149 Å². The smallest absolute Gasteiger partial charge is 0.393 e. The van der Waals surface area contributed by atoms with Crippen LogP contribution in [-0.2, 0) is 43.6 Å². The number of para-hydroxylation sites is 2. The van der Waals surface area contributed by atoms with Gasteiger partial charge in [0.25, 0.3) is 0 Å². The van der Waals surface area contributed by atoms with E-state index in [1.165, 1.54) is 50.1 Å². The number of anilines is 3. The fourth-order valence-corrected chi connectivity index (χ4v) is 14.3. The van der Waals surface area contributed by atoms with E-state index >= 15 is 0 Å². The number of hydrogen-bond acceptors (Lipinski definition) is 11. The molecule has 3 aliphatic rings. The maximum absolute atomic E-state index is 8.56. The molecule has 2 unspecified atom stereocenters. The van der Waals surface area contributed by atoms with Gasteiger partial charge in [-0.2, -0.15) is 0 Å². The number of nitrogens with zero attached hydrogens (tertiary/aromatic N) is 12. The molecule has 7 heterocycles. The number of fused-ring (bicyclic) bond motifs is 23. The van der Waals surface area contributed by atoms with Gasteiger partial charge in [-0.15, -0.1) is 35.9 Å². The summed E-state index contributed by atoms with van der Waals surface area (Å²) in [4.78, 5) is 50.2. The Morgan fingerprint density at radius 1 is 0.405 bits per heavy atom. The molecule has 16 heteroatoms. The van der Waals surface area contributed by atoms with E-state index in [1.807, 2.05) is 158 Å². The zero-order chi connectivity index (χ0) is 73.6. The van der Waals surface area contributed by atoms with Crippen molar-refractivity contribution >= 4 is 78.2 Å². The van der Waals surface area contributed by atoms with Crippen LogP contribution in [0.15, 0.2) is 328 Å². The van der Waals surface area contributed by atoms with Crippen molar-refractivity contribution in [3.63, 3.8) is 0 Å². The van der Waals surface area contributed by atoms with E-state index in [4.69, 9.17) is 50.1 Å². The van der Waals surface area contributed by atoms with Crippen molar-refractivity contribution in [2.75, 3.05) is 4.90 Å². The third kappa shape index (κ3) is 15.7. The molecule has 0 amide bonds. The average Bonchev–Trinajstić information content (AvgIpc) is 1.60. The van der Waals surface area contributed by atoms with Gasteiger partial charge in [-0.1, -0.05) is 243 Å². The third-order valence-electron chi connectivity index (χ3n) is 19.4. The first-order valence-corrected chi connectivity index (χ1v) is 36.5. The number of aliphatic hydroxyl groups excluding tert-OH is 2. The SMILES string of the molecule is C1=Cc2c(n(-c3ccccc3)c3ccc(-c4ccc(N(c5ccccc5)c5ccc(-c6ccccc6)cc5)cc4)cc23)CC1.CC(O)CC(C)O.[Cu+2].[Ir].[c-]1ccccc1-c1cc(-c2ccccc2)ncn1.c1ccc2c(c1)-c1nc-2nc2[n-]c(nc3nc(nc4[n-]c(n1)c1ccccc41)-c1ccccc1-3)c1ccccc21. The second-order valence-corrected chi connectivity index (χ2v) is 26.9. The predicted octanol–water partition coefficient (Wildman–Crippen LogP) is 21.3. The second-order valence-electron chi connectivity index (χ2n) is 26.9. The molecule has 0 spiro atoms. The van der Waals surface area contributed by atoms with Crippen molar-refractivity contribution in [2.45, 2.75) is 45.3 Å². The Morgan fingerprint density at radius 2 is 0.811 bits per heavy atom. The Bertz CT molecular complexity index is 5960. The molecule has 111 heavy (non-hydrogen) atoms. The van der Waals surface area contributed by atoms with Crippen LogP contribution >= 0.6 is 0 Å². The minimum atomic E-state index is -0.375. The van der Waals surface area contributed by atoms with Gasteiger partial charge in [0.15, 0.2) is 0 Å². The maximum Gasteiger partial charge on any atom is 2.00 e. The molecule has 5 aromatic heterocycles. The minimum absolute atomic E-state index is 0. The first-order valence-electron chi connectivity index (χ1n) is 36.5. The largest absolute Gasteiger partial charge is 2.00 e. The first kappa shape index (κ1) is 73.7. The molecule has 0 saturated heterocycles. The normalized spacial score (nSPS) is 12.0. The van der Waals surface area contributed by atoms with Gasteiger partial charge in [0.05, 0.1) is 46.7 Å². The summed E-state index contributed by atoms with van der Waals surface area (Å²) in [5, 5.41) is 22.0. The van der Waals surface area contributed by atoms with Crippen molar-refractivity contribution in [3.8, 4) is 96.0 Å². The molecule has 8 bridgehead atoms. The Balaban J connectivity index is 0.000000134. The van der Waals surface area contributed by atoms with Crippen molar-refractivity contribution in [1.82, 2.24) is 54.4 Å². The molecule has 544 valence electrons. The van der Waals surface area contributed by atoms with Gasteiger partial charge in [0.1, 0.15) is 6.33 Å². The van der Waals surface area contributed by atoms with E-state index in [0.29, 0.717) is 52.3 Å². The van der Waals surface area contributed by atoms with E-state index < -0.39 is 0 Å². The number of hydrogen-bond donors (Lipinski definition) is 2. The zero-order valence-electron chi connectivity index (χ0n) is 60.4. The van der Waals surface area contributed by atoms with Crippen molar-refractivity contribution in [2.24, 2.45) is 0 Å². The summed E-state index contributed by atoms with van der Waals surface area (Å²) < 4.78 is 2.45. The molecule has 1 aliphatic carbocycles. The topological polar surface area (TPSA) is 180 Å². The molecule has 12 aromatic carbocycles. The van der Waals surface area contributed by atoms with Crippen LogP contribution in [0.5, 0.6) is 0 Å². The summed E-state index contributed by atoms with van der Waals surface area (Å²) in [6.45, 7) is 3.32. The third-order valence-corrected chi connectivity index (χ3v) is 19.4. The number of aromatic nitrogens is 11. The molecule has 0 fully saturated rings. The summed E-state index contributed by atoms with van der Waals surface area (Å²) in [6, 6.07) is 112. The van der Waals surface area contributed by atoms with E-state index in [-0.39, 0.29) is 49.4 Å². The Morgan fingerprint density at radius 3 is 1.28 bits per heavy atom. The van der Waals surface area contributed by atoms with Gasteiger partial charge in [-0.3, -0.25) is 4.98 Å². The zero-order valence-corrected chi connectivity index (χ0v) is 63.8. The first-order chi connectivity index (χ1) is 53.7. The van der Waals surface area contributed by atoms with Crippen LogP contribution in [0.2, 0.25) is 0 Å². The van der Waals surface area contributed by atoms with Crippen LogP contribution < -0.4 is 14.9 Å². The molecule has 14 nitrogen and oxygen atoms in total. The van der Waals surface area contributed by atoms with E-state index in [0.717, 1.165) is 96.2 Å². The summed E-state index contributed by atoms with van der Waals surface area (Å²) >= 11 is 0. The molecule has 20 rings (SSSR count). The quantitative estimate of drug-likeness (QED) is 0.0976. The van der Waals surface area contributed by atoms with Crippen LogP contribution in [-0.4, -0.2) is 66.9 Å². The van der Waals surface area contributed by atoms with E-state index in [2.05, 4.69) is 195 Å². The van der Waals surface area contributed by atoms with Crippen molar-refractivity contribution < 1.29 is 47.4 Å². The molecular formula is C95H71CuIrN12O2-. The van der Waals surface area contributed by atoms with Crippen LogP contribution in [0.3, 0.4) is 0 Å². The Kier molecular flexibility index (Phi) is 22.2. The van der Waals surface area contributed by atoms with E-state index in [9.17, 15) is 0 Å². The summed E-state index contributed by atoms with van der Waals surface area (Å²) in [5.41, 5.74) is 23.2. The molecule has 2 atom stereocenters. The van der Waals surface area contributed by atoms with E-state index in [1.54, 1.807) is 20.2 Å². The number of rotatable bonds is 10. The van der Waals surface area contributed by atoms with Gasteiger partial charge < -0.3 is 49.6 Å². The molecule has 17 aromatic rings. The van der Waals surface area contributed by atoms with Crippen LogP contribution in [0.4, 0.5) is 17.1 Å². The van der Waals surface area contributed by atoms with Gasteiger partial charge in [-0.25, -0.2) is 15.0 Å². The fourth-order valence-electron chi connectivity index (χ4n) is 14.3. The summed E-state index contributed by atoms with van der Waals surface area (Å²) in [6.07, 6.45) is 8.08. The van der Waals surface area contributed by atoms with Crippen molar-refractivity contribution in [3.05, 3.63) is 345 Å². The summed E-state index contributed by atoms with van der Waals surface area (Å²) in [7, 11) is 0. The monoisotopic (exact) mass is 1670 g/mol. The molecular weight excluding hydrogens is 1600 g/mol. The second kappa shape index (κ2) is 33.4. The Hall–Kier alpha value is -12.8. The molecule has 2 radical (unpaired) electrons. The van der Waals surface area contributed by atoms with Gasteiger partial charge >= 0.3 is 17.1 Å². The van der Waals surface area contributed by atoms with Crippen LogP contribution in [0.1, 0.15) is 37.9 Å². The standard InChI is InChI=1S/C42H32N2.C32H16N8.C16H11N2.C5H12O2.Cu.Ir/c1-4-12-31(13-5-1)32-20-25-37(26-21-32)43(35-14-6-2-7-15-35)38-27-22-33(23-28-38)34-24-29-42-40(30-34)39-18-10-11-19-41(39)44(42)36-16-8-3-9-17-36;1-2-10-18-17(9-1)25-33-26(18)38-28-21-13-5-6-14-22(21)30(35-28)40-32-24-16-8-7-15-23(24)31(36-32)39-29-20-12-4-3-11-19(20)27(34-29)37-25;1-3-7-13(8-4-1)15-11-16(18-12-17-15)14-9-5-2-6-10-14;1-4(6)3-5(2)7;;/h1-10,12-18,20-30H,11,19H2;1-16H;1-9,11-12H;4-7H,3H2,1-2H3;;/q;-2;-1;;+2;. The number of allylic oxidation sites excluding steroid dienone is 1. The minimum Gasteiger partial charge on any atom is -0.393 e. The molecule has 2 N–H and O–H groups in total. The number of benzene rings is 12. The van der Waals surface area contributed by atoms with Crippen molar-refractivity contribution in [1.29, 1.82) is 0 Å². The fraction of sp³-hybridized carbons (Fsp3) is 0.0737. The van der Waals surface area contributed by atoms with Gasteiger partial charge in [0.2, 0.25) is 0 Å². The predicted molar refractivity (Wildman–Crippen MR) is 440 cm³/mol. The number of aliphatic hydroxyl groups is 2. The van der Waals surface area contributed by atoms with Crippen LogP contribution in [0, 0.1) is 6.07 Å². The molecule has 2 aliphatic heterocycles. The summed E-state index contributed by atoms with van der Waals surface area (Å²) in [5.74, 6) is 2.21. The van der Waals surface area contributed by atoms with Crippen LogP contribution in [0.25, 0.3) is 157 Å².